The largest absolute Gasteiger partial charge is 0.446 e. The molecule has 0 saturated heterocycles. The zero-order chi connectivity index (χ0) is 15.3. The minimum absolute atomic E-state index is 0.0120. The van der Waals surface area contributed by atoms with E-state index >= 15 is 0 Å². The fourth-order valence-electron chi connectivity index (χ4n) is 1.20. The molecule has 0 saturated carbocycles. The summed E-state index contributed by atoms with van der Waals surface area (Å²) in [6.07, 6.45) is -4.97. The van der Waals surface area contributed by atoms with Gasteiger partial charge in [-0.2, -0.15) is 13.2 Å². The van der Waals surface area contributed by atoms with Gasteiger partial charge in [0.2, 0.25) is 0 Å². The molecule has 0 bridgehead atoms. The highest BCUT2D eigenvalue weighted by molar-refractivity contribution is 8.00. The third kappa shape index (κ3) is 5.74. The van der Waals surface area contributed by atoms with Gasteiger partial charge in [-0.1, -0.05) is 0 Å². The summed E-state index contributed by atoms with van der Waals surface area (Å²) in [4.78, 5) is 11.4. The number of carbonyl (C=O) groups is 1. The predicted molar refractivity (Wildman–Crippen MR) is 62.7 cm³/mol. The topological polar surface area (TPSA) is 49.3 Å². The lowest BCUT2D eigenvalue weighted by atomic mass is 10.2. The number of nitrogens with one attached hydrogen (secondary N) is 1. The zero-order valence-electron chi connectivity index (χ0n) is 9.82. The average molecular weight is 315 g/mol. The SMILES string of the molecule is O=C(NCC(O)C(F)F)c1ccc(SC(F)(F)F)cc1. The number of aliphatic hydroxyl groups is 1. The van der Waals surface area contributed by atoms with Crippen LogP contribution in [0.1, 0.15) is 10.4 Å². The Bertz CT molecular complexity index is 449. The second kappa shape index (κ2) is 6.89. The first kappa shape index (κ1) is 16.7. The summed E-state index contributed by atoms with van der Waals surface area (Å²) in [5.74, 6) is -0.756. The molecule has 112 valence electrons. The molecule has 0 spiro atoms. The van der Waals surface area contributed by atoms with Gasteiger partial charge in [-0.05, 0) is 36.0 Å². The molecule has 9 heteroatoms. The summed E-state index contributed by atoms with van der Waals surface area (Å²) >= 11 is -0.328. The number of benzene rings is 1. The molecule has 0 aliphatic heterocycles. The van der Waals surface area contributed by atoms with Gasteiger partial charge in [-0.25, -0.2) is 8.78 Å². The molecule has 2 N–H and O–H groups in total. The zero-order valence-corrected chi connectivity index (χ0v) is 10.6. The van der Waals surface area contributed by atoms with Gasteiger partial charge in [0, 0.05) is 17.0 Å². The summed E-state index contributed by atoms with van der Waals surface area (Å²) in [6, 6.07) is 4.46. The van der Waals surface area contributed by atoms with Crippen molar-refractivity contribution in [2.24, 2.45) is 0 Å². The van der Waals surface area contributed by atoms with E-state index in [9.17, 15) is 26.7 Å². The van der Waals surface area contributed by atoms with Crippen LogP contribution in [0, 0.1) is 0 Å². The molecule has 0 aromatic heterocycles. The van der Waals surface area contributed by atoms with Crippen molar-refractivity contribution < 1.29 is 31.9 Å². The maximum absolute atomic E-state index is 12.1. The highest BCUT2D eigenvalue weighted by Crippen LogP contribution is 2.36. The third-order valence-corrected chi connectivity index (χ3v) is 2.85. The standard InChI is InChI=1S/C11H10F5NO2S/c12-9(13)8(18)5-17-10(19)6-1-3-7(4-2-6)20-11(14,15)16/h1-4,8-9,18H,5H2,(H,17,19). The molecule has 0 fully saturated rings. The van der Waals surface area contributed by atoms with E-state index in [1.54, 1.807) is 0 Å². The second-order valence-corrected chi connectivity index (χ2v) is 4.82. The van der Waals surface area contributed by atoms with E-state index in [4.69, 9.17) is 5.11 Å². The van der Waals surface area contributed by atoms with E-state index in [1.807, 2.05) is 5.32 Å². The minimum Gasteiger partial charge on any atom is -0.385 e. The Balaban J connectivity index is 2.58. The van der Waals surface area contributed by atoms with Gasteiger partial charge in [-0.3, -0.25) is 4.79 Å². The van der Waals surface area contributed by atoms with E-state index in [2.05, 4.69) is 0 Å². The lowest BCUT2D eigenvalue weighted by molar-refractivity contribution is -0.0328. The molecule has 0 radical (unpaired) electrons. The predicted octanol–water partition coefficient (Wildman–Crippen LogP) is 2.65. The number of halogens is 5. The lowest BCUT2D eigenvalue weighted by Gasteiger charge is -2.11. The Morgan fingerprint density at radius 2 is 1.80 bits per heavy atom. The highest BCUT2D eigenvalue weighted by atomic mass is 32.2. The van der Waals surface area contributed by atoms with E-state index in [1.165, 1.54) is 0 Å². The smallest absolute Gasteiger partial charge is 0.385 e. The summed E-state index contributed by atoms with van der Waals surface area (Å²) in [5, 5.41) is 10.9. The van der Waals surface area contributed by atoms with Crippen LogP contribution < -0.4 is 5.32 Å². The fourth-order valence-corrected chi connectivity index (χ4v) is 1.74. The Hall–Kier alpha value is -1.35. The molecule has 0 aliphatic carbocycles. The van der Waals surface area contributed by atoms with Crippen LogP contribution in [0.2, 0.25) is 0 Å². The van der Waals surface area contributed by atoms with Gasteiger partial charge in [-0.15, -0.1) is 0 Å². The second-order valence-electron chi connectivity index (χ2n) is 3.68. The molecule has 1 unspecified atom stereocenters. The Labute approximate surface area is 115 Å². The highest BCUT2D eigenvalue weighted by Gasteiger charge is 2.29. The first-order valence-corrected chi connectivity index (χ1v) is 6.11. The fraction of sp³-hybridized carbons (Fsp3) is 0.364. The van der Waals surface area contributed by atoms with Crippen LogP contribution in [-0.2, 0) is 0 Å². The summed E-state index contributed by atoms with van der Waals surface area (Å²) in [5.41, 5.74) is -4.41. The summed E-state index contributed by atoms with van der Waals surface area (Å²) < 4.78 is 60.2. The van der Waals surface area contributed by atoms with Crippen molar-refractivity contribution in [1.82, 2.24) is 5.32 Å². The molecule has 1 aromatic rings. The van der Waals surface area contributed by atoms with E-state index in [0.29, 0.717) is 0 Å². The van der Waals surface area contributed by atoms with Crippen molar-refractivity contribution >= 4 is 17.7 Å². The average Bonchev–Trinajstić information content (AvgIpc) is 2.34. The van der Waals surface area contributed by atoms with Crippen LogP contribution in [0.15, 0.2) is 29.2 Å². The Kier molecular flexibility index (Phi) is 5.75. The number of hydrogen-bond donors (Lipinski definition) is 2. The van der Waals surface area contributed by atoms with Crippen molar-refractivity contribution in [2.45, 2.75) is 22.9 Å². The molecule has 0 heterocycles. The van der Waals surface area contributed by atoms with Crippen molar-refractivity contribution in [3.8, 4) is 0 Å². The number of hydrogen-bond acceptors (Lipinski definition) is 3. The molecule has 3 nitrogen and oxygen atoms in total. The maximum Gasteiger partial charge on any atom is 0.446 e. The Morgan fingerprint density at radius 1 is 1.25 bits per heavy atom. The number of thioether (sulfide) groups is 1. The minimum atomic E-state index is -4.43. The number of carbonyl (C=O) groups excluding carboxylic acids is 1. The molecule has 20 heavy (non-hydrogen) atoms. The van der Waals surface area contributed by atoms with Crippen molar-refractivity contribution in [3.63, 3.8) is 0 Å². The first-order chi connectivity index (χ1) is 9.19. The monoisotopic (exact) mass is 315 g/mol. The normalized spacial score (nSPS) is 13.3. The summed E-state index contributed by atoms with van der Waals surface area (Å²) in [6.45, 7) is -0.643. The van der Waals surface area contributed by atoms with Gasteiger partial charge >= 0.3 is 5.51 Å². The van der Waals surface area contributed by atoms with Crippen LogP contribution in [0.4, 0.5) is 22.0 Å². The van der Waals surface area contributed by atoms with Crippen LogP contribution in [0.25, 0.3) is 0 Å². The number of aliphatic hydroxyl groups excluding tert-OH is 1. The van der Waals surface area contributed by atoms with Crippen LogP contribution >= 0.6 is 11.8 Å². The van der Waals surface area contributed by atoms with Crippen molar-refractivity contribution in [2.75, 3.05) is 6.54 Å². The van der Waals surface area contributed by atoms with Gasteiger partial charge in [0.15, 0.2) is 0 Å². The Morgan fingerprint density at radius 3 is 2.25 bits per heavy atom. The number of amides is 1. The molecule has 1 rings (SSSR count). The molecule has 1 amide bonds. The lowest BCUT2D eigenvalue weighted by Crippen LogP contribution is -2.35. The van der Waals surface area contributed by atoms with Crippen molar-refractivity contribution in [3.05, 3.63) is 29.8 Å². The molecular weight excluding hydrogens is 305 g/mol. The molecule has 0 aliphatic rings. The van der Waals surface area contributed by atoms with Gasteiger partial charge < -0.3 is 10.4 Å². The van der Waals surface area contributed by atoms with Crippen molar-refractivity contribution in [1.29, 1.82) is 0 Å². The van der Waals surface area contributed by atoms with Crippen LogP contribution in [-0.4, -0.2) is 35.6 Å². The number of rotatable bonds is 5. The van der Waals surface area contributed by atoms with E-state index < -0.39 is 30.5 Å². The first-order valence-electron chi connectivity index (χ1n) is 5.29. The van der Waals surface area contributed by atoms with E-state index in [-0.39, 0.29) is 22.2 Å². The van der Waals surface area contributed by atoms with Gasteiger partial charge in [0.1, 0.15) is 6.10 Å². The van der Waals surface area contributed by atoms with Gasteiger partial charge in [0.25, 0.3) is 12.3 Å². The molecule has 1 aromatic carbocycles. The number of alkyl halides is 5. The van der Waals surface area contributed by atoms with Gasteiger partial charge in [0.05, 0.1) is 0 Å². The van der Waals surface area contributed by atoms with E-state index in [0.717, 1.165) is 24.3 Å². The van der Waals surface area contributed by atoms with Crippen LogP contribution in [0.3, 0.4) is 0 Å². The molecule has 1 atom stereocenters. The summed E-state index contributed by atoms with van der Waals surface area (Å²) in [7, 11) is 0. The van der Waals surface area contributed by atoms with Crippen LogP contribution in [0.5, 0.6) is 0 Å². The quantitative estimate of drug-likeness (QED) is 0.649. The molecular formula is C11H10F5NO2S. The third-order valence-electron chi connectivity index (χ3n) is 2.11. The maximum atomic E-state index is 12.1.